The van der Waals surface area contributed by atoms with E-state index in [0.717, 1.165) is 19.3 Å². The monoisotopic (exact) mass is 622 g/mol. The number of nitrogens with one attached hydrogen (secondary N) is 4. The second-order valence-corrected chi connectivity index (χ2v) is 14.8. The predicted molar refractivity (Wildman–Crippen MR) is 165 cm³/mol. The van der Waals surface area contributed by atoms with Crippen molar-refractivity contribution >= 4 is 35.6 Å². The lowest BCUT2D eigenvalue weighted by atomic mass is 9.80. The molecule has 1 saturated carbocycles. The van der Waals surface area contributed by atoms with Gasteiger partial charge in [-0.1, -0.05) is 74.7 Å². The Bertz CT molecular complexity index is 1080. The molecule has 13 heteroatoms. The summed E-state index contributed by atoms with van der Waals surface area (Å²) in [5.41, 5.74) is 4.08. The molecule has 5 atom stereocenters. The fraction of sp³-hybridized carbons (Fsp3) is 0.806. The molecule has 2 fully saturated rings. The topological polar surface area (TPSA) is 189 Å². The average Bonchev–Trinajstić information content (AvgIpc) is 3.34. The lowest BCUT2D eigenvalue weighted by Crippen LogP contribution is -2.61. The van der Waals surface area contributed by atoms with Crippen molar-refractivity contribution in [3.8, 4) is 0 Å². The molecule has 44 heavy (non-hydrogen) atoms. The summed E-state index contributed by atoms with van der Waals surface area (Å²) in [6, 6.07) is -4.14. The SMILES string of the molecule is CNC(=O)OC[C@@H](NC(=O)N[C@H](C(=O)N1C[C@H](C(C)C)CC1C(=O)NC(CC1CCC1)C(=O)C(N)=O)C(C)(C)C)C(C)(C)C. The van der Waals surface area contributed by atoms with Gasteiger partial charge in [0.15, 0.2) is 0 Å². The fourth-order valence-corrected chi connectivity index (χ4v) is 5.46. The van der Waals surface area contributed by atoms with E-state index in [2.05, 4.69) is 21.3 Å². The van der Waals surface area contributed by atoms with E-state index in [9.17, 15) is 28.8 Å². The number of alkyl carbamates (subject to hydrolysis) is 1. The largest absolute Gasteiger partial charge is 0.447 e. The molecule has 0 aromatic heterocycles. The van der Waals surface area contributed by atoms with Crippen molar-refractivity contribution in [1.82, 2.24) is 26.2 Å². The van der Waals surface area contributed by atoms with Crippen LogP contribution in [-0.4, -0.2) is 84.9 Å². The van der Waals surface area contributed by atoms with Gasteiger partial charge in [0.1, 0.15) is 18.7 Å². The maximum absolute atomic E-state index is 14.2. The molecule has 6 amide bonds. The second-order valence-electron chi connectivity index (χ2n) is 14.8. The van der Waals surface area contributed by atoms with Gasteiger partial charge in [-0.3, -0.25) is 19.2 Å². The number of urea groups is 1. The van der Waals surface area contributed by atoms with Gasteiger partial charge in [0.05, 0.1) is 12.1 Å². The lowest BCUT2D eigenvalue weighted by Gasteiger charge is -2.37. The Hall–Kier alpha value is -3.38. The third-order valence-corrected chi connectivity index (χ3v) is 8.86. The van der Waals surface area contributed by atoms with E-state index in [4.69, 9.17) is 10.5 Å². The van der Waals surface area contributed by atoms with Crippen LogP contribution in [0, 0.1) is 28.6 Å². The molecule has 250 valence electrons. The van der Waals surface area contributed by atoms with Gasteiger partial charge < -0.3 is 36.6 Å². The standard InChI is InChI=1S/C31H54N6O7/c1-17(2)19-14-21(26(40)34-20(23(38)25(32)39)13-18-11-10-12-18)37(15-19)27(41)24(31(6,7)8)36-28(42)35-22(30(3,4)5)16-44-29(43)33-9/h17-22,24H,10-16H2,1-9H3,(H2,32,39)(H,33,43)(H,34,40)(H2,35,36,42)/t19-,20?,21?,22-,24-/m1/s1. The Morgan fingerprint density at radius 3 is 2.00 bits per heavy atom. The van der Waals surface area contributed by atoms with E-state index < -0.39 is 70.6 Å². The molecule has 13 nitrogen and oxygen atoms in total. The maximum Gasteiger partial charge on any atom is 0.406 e. The number of nitrogens with two attached hydrogens (primary N) is 1. The molecular weight excluding hydrogens is 568 g/mol. The van der Waals surface area contributed by atoms with E-state index >= 15 is 0 Å². The van der Waals surface area contributed by atoms with Crippen LogP contribution >= 0.6 is 0 Å². The van der Waals surface area contributed by atoms with Gasteiger partial charge in [0.25, 0.3) is 5.91 Å². The zero-order chi connectivity index (χ0) is 33.6. The molecule has 2 aliphatic rings. The summed E-state index contributed by atoms with van der Waals surface area (Å²) in [6.07, 6.45) is 2.93. The molecule has 0 radical (unpaired) electrons. The minimum atomic E-state index is -1.11. The summed E-state index contributed by atoms with van der Waals surface area (Å²) in [6.45, 7) is 15.4. The number of carbonyl (C=O) groups excluding carboxylic acids is 6. The highest BCUT2D eigenvalue weighted by molar-refractivity contribution is 6.37. The van der Waals surface area contributed by atoms with Crippen LogP contribution in [0.3, 0.4) is 0 Å². The Kier molecular flexibility index (Phi) is 12.6. The van der Waals surface area contributed by atoms with Crippen LogP contribution in [0.5, 0.6) is 0 Å². The maximum atomic E-state index is 14.2. The smallest absolute Gasteiger partial charge is 0.406 e. The zero-order valence-corrected chi connectivity index (χ0v) is 27.9. The Morgan fingerprint density at radius 2 is 1.55 bits per heavy atom. The normalized spacial score (nSPS) is 21.0. The van der Waals surface area contributed by atoms with Crippen LogP contribution < -0.4 is 27.0 Å². The highest BCUT2D eigenvalue weighted by Crippen LogP contribution is 2.33. The van der Waals surface area contributed by atoms with Crippen molar-refractivity contribution in [1.29, 1.82) is 0 Å². The van der Waals surface area contributed by atoms with Gasteiger partial charge in [-0.25, -0.2) is 9.59 Å². The number of Topliss-reactive ketones (excluding diaryl/α,β-unsaturated/α-hetero) is 1. The van der Waals surface area contributed by atoms with E-state index in [1.165, 1.54) is 11.9 Å². The summed E-state index contributed by atoms with van der Waals surface area (Å²) >= 11 is 0. The van der Waals surface area contributed by atoms with Crippen LogP contribution in [0.4, 0.5) is 9.59 Å². The first kappa shape index (κ1) is 36.8. The quantitative estimate of drug-likeness (QED) is 0.206. The molecule has 0 bridgehead atoms. The van der Waals surface area contributed by atoms with Gasteiger partial charge in [-0.05, 0) is 41.4 Å². The molecule has 0 aromatic rings. The third-order valence-electron chi connectivity index (χ3n) is 8.86. The summed E-state index contributed by atoms with van der Waals surface area (Å²) in [5.74, 6) is -2.50. The number of carbonyl (C=O) groups is 6. The number of hydrogen-bond acceptors (Lipinski definition) is 7. The fourth-order valence-electron chi connectivity index (χ4n) is 5.46. The predicted octanol–water partition coefficient (Wildman–Crippen LogP) is 2.07. The van der Waals surface area contributed by atoms with Crippen LogP contribution in [0.1, 0.15) is 87.5 Å². The Balaban J connectivity index is 2.29. The minimum Gasteiger partial charge on any atom is -0.447 e. The average molecular weight is 623 g/mol. The highest BCUT2D eigenvalue weighted by Gasteiger charge is 2.46. The van der Waals surface area contributed by atoms with Crippen molar-refractivity contribution in [2.45, 2.75) is 112 Å². The van der Waals surface area contributed by atoms with Crippen molar-refractivity contribution in [2.24, 2.45) is 34.3 Å². The molecule has 0 spiro atoms. The minimum absolute atomic E-state index is 0.00759. The number of ether oxygens (including phenoxy) is 1. The summed E-state index contributed by atoms with van der Waals surface area (Å²) in [7, 11) is 1.44. The molecule has 1 aliphatic heterocycles. The molecule has 2 rings (SSSR count). The number of amides is 6. The first-order valence-corrected chi connectivity index (χ1v) is 15.6. The Labute approximate surface area is 261 Å². The van der Waals surface area contributed by atoms with Crippen LogP contribution in [0.2, 0.25) is 0 Å². The van der Waals surface area contributed by atoms with E-state index in [0.29, 0.717) is 19.4 Å². The first-order chi connectivity index (χ1) is 20.3. The number of primary amides is 1. The number of ketones is 1. The second kappa shape index (κ2) is 15.1. The number of likely N-dealkylation sites (tertiary alicyclic amines) is 1. The molecule has 2 unspecified atom stereocenters. The van der Waals surface area contributed by atoms with Crippen molar-refractivity contribution in [2.75, 3.05) is 20.2 Å². The molecule has 6 N–H and O–H groups in total. The number of nitrogens with zero attached hydrogens (tertiary/aromatic N) is 1. The van der Waals surface area contributed by atoms with E-state index in [1.54, 1.807) is 0 Å². The van der Waals surface area contributed by atoms with Gasteiger partial charge >= 0.3 is 12.1 Å². The van der Waals surface area contributed by atoms with Crippen molar-refractivity contribution < 1.29 is 33.5 Å². The highest BCUT2D eigenvalue weighted by atomic mass is 16.5. The molecule has 1 heterocycles. The molecular formula is C31H54N6O7. The number of rotatable bonds is 12. The third kappa shape index (κ3) is 10.1. The zero-order valence-electron chi connectivity index (χ0n) is 27.9. The van der Waals surface area contributed by atoms with Gasteiger partial charge in [0.2, 0.25) is 17.6 Å². The van der Waals surface area contributed by atoms with Crippen LogP contribution in [0.15, 0.2) is 0 Å². The lowest BCUT2D eigenvalue weighted by molar-refractivity contribution is -0.143. The molecule has 1 aliphatic carbocycles. The summed E-state index contributed by atoms with van der Waals surface area (Å²) in [5, 5.41) is 10.8. The van der Waals surface area contributed by atoms with Crippen LogP contribution in [-0.2, 0) is 23.9 Å². The first-order valence-electron chi connectivity index (χ1n) is 15.6. The number of hydrogen-bond donors (Lipinski definition) is 5. The summed E-state index contributed by atoms with van der Waals surface area (Å²) in [4.78, 5) is 78.7. The van der Waals surface area contributed by atoms with Gasteiger partial charge in [-0.15, -0.1) is 0 Å². The van der Waals surface area contributed by atoms with E-state index in [1.807, 2.05) is 55.4 Å². The summed E-state index contributed by atoms with van der Waals surface area (Å²) < 4.78 is 5.19. The van der Waals surface area contributed by atoms with E-state index in [-0.39, 0.29) is 24.4 Å². The van der Waals surface area contributed by atoms with Gasteiger partial charge in [-0.2, -0.15) is 0 Å². The molecule has 0 aromatic carbocycles. The van der Waals surface area contributed by atoms with Crippen molar-refractivity contribution in [3.63, 3.8) is 0 Å². The van der Waals surface area contributed by atoms with Gasteiger partial charge in [0, 0.05) is 13.6 Å². The molecule has 1 saturated heterocycles. The Morgan fingerprint density at radius 1 is 0.932 bits per heavy atom. The van der Waals surface area contributed by atoms with Crippen LogP contribution in [0.25, 0.3) is 0 Å². The van der Waals surface area contributed by atoms with Crippen molar-refractivity contribution in [3.05, 3.63) is 0 Å².